The van der Waals surface area contributed by atoms with E-state index in [0.29, 0.717) is 10.6 Å². The van der Waals surface area contributed by atoms with E-state index in [9.17, 15) is 4.79 Å². The molecule has 94 valence electrons. The number of likely N-dealkylation sites (N-methyl/N-ethyl adjacent to an activating group) is 1. The molecule has 0 aromatic heterocycles. The van der Waals surface area contributed by atoms with Crippen LogP contribution in [0.1, 0.15) is 17.3 Å². The normalized spacial score (nSPS) is 12.6. The van der Waals surface area contributed by atoms with Crippen LogP contribution in [0.2, 0.25) is 5.02 Å². The van der Waals surface area contributed by atoms with Crippen LogP contribution in [0.3, 0.4) is 0 Å². The third-order valence-corrected chi connectivity index (χ3v) is 2.82. The van der Waals surface area contributed by atoms with Crippen LogP contribution in [0.15, 0.2) is 23.1 Å². The third-order valence-electron chi connectivity index (χ3n) is 2.21. The number of nitrogens with zero attached hydrogens (tertiary/aromatic N) is 1. The maximum Gasteiger partial charge on any atom is 0.253 e. The van der Waals surface area contributed by atoms with Gasteiger partial charge in [0.15, 0.2) is 0 Å². The van der Waals surface area contributed by atoms with Crippen LogP contribution >= 0.6 is 24.2 Å². The Labute approximate surface area is 113 Å². The molecule has 0 heterocycles. The summed E-state index contributed by atoms with van der Waals surface area (Å²) in [6, 6.07) is 5.17. The Morgan fingerprint density at radius 1 is 1.53 bits per heavy atom. The molecule has 1 rings (SSSR count). The van der Waals surface area contributed by atoms with Crippen LogP contribution in [-0.2, 0) is 0 Å². The highest BCUT2D eigenvalue weighted by Gasteiger charge is 2.13. The number of rotatable bonds is 4. The van der Waals surface area contributed by atoms with Crippen molar-refractivity contribution in [3.8, 4) is 0 Å². The predicted molar refractivity (Wildman–Crippen MR) is 74.2 cm³/mol. The lowest BCUT2D eigenvalue weighted by molar-refractivity contribution is 0.0934. The smallest absolute Gasteiger partial charge is 0.253 e. The van der Waals surface area contributed by atoms with E-state index in [2.05, 4.69) is 17.9 Å². The van der Waals surface area contributed by atoms with Crippen molar-refractivity contribution in [2.75, 3.05) is 20.6 Å². The SMILES string of the molecule is CC(CN(C)C)NC(=O)c1cc(S)ccc1Cl. The lowest BCUT2D eigenvalue weighted by Crippen LogP contribution is -2.39. The van der Waals surface area contributed by atoms with E-state index in [1.807, 2.05) is 25.9 Å². The van der Waals surface area contributed by atoms with Gasteiger partial charge < -0.3 is 10.2 Å². The van der Waals surface area contributed by atoms with Crippen LogP contribution < -0.4 is 5.32 Å². The number of halogens is 1. The van der Waals surface area contributed by atoms with Crippen molar-refractivity contribution in [1.29, 1.82) is 0 Å². The topological polar surface area (TPSA) is 32.3 Å². The summed E-state index contributed by atoms with van der Waals surface area (Å²) in [5.41, 5.74) is 0.463. The van der Waals surface area contributed by atoms with Crippen LogP contribution in [0.4, 0.5) is 0 Å². The molecule has 0 bridgehead atoms. The van der Waals surface area contributed by atoms with Gasteiger partial charge in [0.2, 0.25) is 0 Å². The van der Waals surface area contributed by atoms with E-state index >= 15 is 0 Å². The third kappa shape index (κ3) is 4.58. The highest BCUT2D eigenvalue weighted by molar-refractivity contribution is 7.80. The lowest BCUT2D eigenvalue weighted by Gasteiger charge is -2.18. The average Bonchev–Trinajstić information content (AvgIpc) is 2.20. The Hall–Kier alpha value is -0.710. The molecule has 0 aliphatic carbocycles. The summed E-state index contributed by atoms with van der Waals surface area (Å²) >= 11 is 10.2. The molecule has 0 aliphatic rings. The van der Waals surface area contributed by atoms with Gasteiger partial charge >= 0.3 is 0 Å². The van der Waals surface area contributed by atoms with E-state index in [0.717, 1.165) is 11.4 Å². The van der Waals surface area contributed by atoms with Crippen LogP contribution in [0.25, 0.3) is 0 Å². The molecule has 0 saturated carbocycles. The average molecular weight is 273 g/mol. The first-order valence-corrected chi connectivity index (χ1v) is 6.16. The zero-order valence-corrected chi connectivity index (χ0v) is 11.8. The number of hydrogen-bond acceptors (Lipinski definition) is 3. The molecule has 0 aliphatic heterocycles. The summed E-state index contributed by atoms with van der Waals surface area (Å²) in [5.74, 6) is -0.166. The molecule has 3 nitrogen and oxygen atoms in total. The number of carbonyl (C=O) groups is 1. The van der Waals surface area contributed by atoms with Gasteiger partial charge in [-0.25, -0.2) is 0 Å². The second-order valence-electron chi connectivity index (χ2n) is 4.30. The van der Waals surface area contributed by atoms with Gasteiger partial charge in [0.1, 0.15) is 0 Å². The number of amides is 1. The van der Waals surface area contributed by atoms with Crippen molar-refractivity contribution in [2.24, 2.45) is 0 Å². The largest absolute Gasteiger partial charge is 0.348 e. The van der Waals surface area contributed by atoms with Crippen molar-refractivity contribution >= 4 is 30.1 Å². The number of nitrogens with one attached hydrogen (secondary N) is 1. The minimum Gasteiger partial charge on any atom is -0.348 e. The highest BCUT2D eigenvalue weighted by Crippen LogP contribution is 2.19. The molecule has 1 unspecified atom stereocenters. The van der Waals surface area contributed by atoms with Gasteiger partial charge in [-0.1, -0.05) is 11.6 Å². The number of thiol groups is 1. The Morgan fingerprint density at radius 3 is 2.76 bits per heavy atom. The molecule has 1 N–H and O–H groups in total. The van der Waals surface area contributed by atoms with Crippen molar-refractivity contribution < 1.29 is 4.79 Å². The molecular formula is C12H17ClN2OS. The Balaban J connectivity index is 2.73. The van der Waals surface area contributed by atoms with Crippen molar-refractivity contribution in [1.82, 2.24) is 10.2 Å². The van der Waals surface area contributed by atoms with E-state index in [4.69, 9.17) is 11.6 Å². The summed E-state index contributed by atoms with van der Waals surface area (Å²) < 4.78 is 0. The van der Waals surface area contributed by atoms with E-state index in [1.54, 1.807) is 18.2 Å². The highest BCUT2D eigenvalue weighted by atomic mass is 35.5. The maximum absolute atomic E-state index is 12.0. The molecule has 0 fully saturated rings. The molecule has 1 atom stereocenters. The summed E-state index contributed by atoms with van der Waals surface area (Å²) in [6.45, 7) is 2.74. The van der Waals surface area contributed by atoms with Gasteiger partial charge in [0.25, 0.3) is 5.91 Å². The molecule has 1 amide bonds. The summed E-state index contributed by atoms with van der Waals surface area (Å²) in [6.07, 6.45) is 0. The zero-order valence-electron chi connectivity index (χ0n) is 10.2. The van der Waals surface area contributed by atoms with Gasteiger partial charge in [-0.15, -0.1) is 12.6 Å². The Kier molecular flexibility index (Phi) is 5.31. The fourth-order valence-corrected chi connectivity index (χ4v) is 1.99. The summed E-state index contributed by atoms with van der Waals surface area (Å²) in [5, 5.41) is 3.34. The standard InChI is InChI=1S/C12H17ClN2OS/c1-8(7-15(2)3)14-12(16)10-6-9(17)4-5-11(10)13/h4-6,8,17H,7H2,1-3H3,(H,14,16). The first kappa shape index (κ1) is 14.4. The maximum atomic E-state index is 12.0. The molecular weight excluding hydrogens is 256 g/mol. The van der Waals surface area contributed by atoms with Gasteiger partial charge in [-0.05, 0) is 39.2 Å². The second kappa shape index (κ2) is 6.28. The Morgan fingerprint density at radius 2 is 2.18 bits per heavy atom. The quantitative estimate of drug-likeness (QED) is 0.825. The molecule has 5 heteroatoms. The number of carbonyl (C=O) groups excluding carboxylic acids is 1. The monoisotopic (exact) mass is 272 g/mol. The van der Waals surface area contributed by atoms with Crippen molar-refractivity contribution in [2.45, 2.75) is 17.9 Å². The fourth-order valence-electron chi connectivity index (χ4n) is 1.58. The number of hydrogen-bond donors (Lipinski definition) is 2. The molecule has 0 radical (unpaired) electrons. The predicted octanol–water partition coefficient (Wildman–Crippen LogP) is 2.31. The van der Waals surface area contributed by atoms with Crippen LogP contribution in [-0.4, -0.2) is 37.5 Å². The second-order valence-corrected chi connectivity index (χ2v) is 5.22. The zero-order chi connectivity index (χ0) is 13.0. The van der Waals surface area contributed by atoms with Crippen LogP contribution in [0, 0.1) is 0 Å². The lowest BCUT2D eigenvalue weighted by atomic mass is 10.2. The Bertz CT molecular complexity index is 409. The van der Waals surface area contributed by atoms with E-state index in [-0.39, 0.29) is 11.9 Å². The minimum atomic E-state index is -0.166. The van der Waals surface area contributed by atoms with Gasteiger partial charge in [-0.3, -0.25) is 4.79 Å². The van der Waals surface area contributed by atoms with Gasteiger partial charge in [0, 0.05) is 17.5 Å². The molecule has 0 saturated heterocycles. The molecule has 17 heavy (non-hydrogen) atoms. The van der Waals surface area contributed by atoms with Crippen molar-refractivity contribution in [3.05, 3.63) is 28.8 Å². The first-order valence-electron chi connectivity index (χ1n) is 5.34. The number of benzene rings is 1. The van der Waals surface area contributed by atoms with Crippen LogP contribution in [0.5, 0.6) is 0 Å². The summed E-state index contributed by atoms with van der Waals surface area (Å²) in [7, 11) is 3.92. The van der Waals surface area contributed by atoms with Crippen molar-refractivity contribution in [3.63, 3.8) is 0 Å². The van der Waals surface area contributed by atoms with E-state index < -0.39 is 0 Å². The molecule has 1 aromatic rings. The fraction of sp³-hybridized carbons (Fsp3) is 0.417. The van der Waals surface area contributed by atoms with Gasteiger partial charge in [-0.2, -0.15) is 0 Å². The molecule has 0 spiro atoms. The van der Waals surface area contributed by atoms with Gasteiger partial charge in [0.05, 0.1) is 10.6 Å². The minimum absolute atomic E-state index is 0.0668. The van der Waals surface area contributed by atoms with E-state index in [1.165, 1.54) is 0 Å². The first-order chi connectivity index (χ1) is 7.90. The summed E-state index contributed by atoms with van der Waals surface area (Å²) in [4.78, 5) is 14.7. The molecule has 1 aromatic carbocycles.